The molecule has 2 rings (SSSR count). The van der Waals surface area contributed by atoms with Crippen LogP contribution in [0.3, 0.4) is 0 Å². The molecule has 0 spiro atoms. The van der Waals surface area contributed by atoms with Gasteiger partial charge in [-0.2, -0.15) is 0 Å². The van der Waals surface area contributed by atoms with Crippen LogP contribution < -0.4 is 10.6 Å². The quantitative estimate of drug-likeness (QED) is 0.385. The third kappa shape index (κ3) is 3.06. The largest absolute Gasteiger partial charge is 0.409 e. The molecule has 0 aliphatic heterocycles. The zero-order chi connectivity index (χ0) is 14.7. The van der Waals surface area contributed by atoms with Crippen LogP contribution in [0.25, 0.3) is 0 Å². The Morgan fingerprint density at radius 2 is 2.15 bits per heavy atom. The average molecular weight is 275 g/mol. The number of hydrogen-bond donors (Lipinski definition) is 2. The number of nitrogens with zero attached hydrogens (tertiary/aromatic N) is 2. The van der Waals surface area contributed by atoms with Gasteiger partial charge in [0.2, 0.25) is 0 Å². The molecule has 2 atom stereocenters. The highest BCUT2D eigenvalue weighted by Gasteiger charge is 2.24. The smallest absolute Gasteiger partial charge is 0.172 e. The topological polar surface area (TPSA) is 61.8 Å². The molecule has 1 aliphatic rings. The van der Waals surface area contributed by atoms with Gasteiger partial charge in [0.1, 0.15) is 0 Å². The molecule has 1 saturated carbocycles. The van der Waals surface area contributed by atoms with Gasteiger partial charge in [-0.3, -0.25) is 0 Å². The molecule has 1 aromatic rings. The zero-order valence-corrected chi connectivity index (χ0v) is 12.6. The molecule has 1 aliphatic carbocycles. The summed E-state index contributed by atoms with van der Waals surface area (Å²) < 4.78 is 0. The van der Waals surface area contributed by atoms with Crippen LogP contribution in [0, 0.1) is 12.8 Å². The van der Waals surface area contributed by atoms with E-state index in [1.54, 1.807) is 0 Å². The summed E-state index contributed by atoms with van der Waals surface area (Å²) in [5, 5.41) is 12.2. The standard InChI is InChI=1S/C16H25N3O/c1-11-5-4-6-13(9-11)19(3)15-8-7-12(2)10-14(15)16(17)18-20/h7-8,10-11,13,20H,4-6,9H2,1-3H3,(H2,17,18). The second-order valence-electron chi connectivity index (χ2n) is 6.04. The highest BCUT2D eigenvalue weighted by atomic mass is 16.4. The number of benzene rings is 1. The molecule has 0 bridgehead atoms. The molecule has 4 heteroatoms. The maximum Gasteiger partial charge on any atom is 0.172 e. The van der Waals surface area contributed by atoms with Crippen molar-refractivity contribution in [3.8, 4) is 0 Å². The van der Waals surface area contributed by atoms with Gasteiger partial charge in [0, 0.05) is 24.3 Å². The number of anilines is 1. The van der Waals surface area contributed by atoms with Gasteiger partial charge in [-0.15, -0.1) is 0 Å². The molecule has 0 saturated heterocycles. The van der Waals surface area contributed by atoms with Gasteiger partial charge in [0.05, 0.1) is 0 Å². The van der Waals surface area contributed by atoms with E-state index in [1.807, 2.05) is 13.0 Å². The van der Waals surface area contributed by atoms with E-state index in [9.17, 15) is 0 Å². The second kappa shape index (κ2) is 6.16. The zero-order valence-electron chi connectivity index (χ0n) is 12.6. The van der Waals surface area contributed by atoms with Gasteiger partial charge in [0.25, 0.3) is 0 Å². The minimum atomic E-state index is 0.180. The molecular formula is C16H25N3O. The van der Waals surface area contributed by atoms with Crippen LogP contribution in [0.2, 0.25) is 0 Å². The lowest BCUT2D eigenvalue weighted by atomic mass is 9.86. The van der Waals surface area contributed by atoms with Crippen LogP contribution in [-0.4, -0.2) is 24.1 Å². The number of aryl methyl sites for hydroxylation is 1. The Bertz CT molecular complexity index is 498. The van der Waals surface area contributed by atoms with E-state index in [-0.39, 0.29) is 5.84 Å². The summed E-state index contributed by atoms with van der Waals surface area (Å²) in [5.74, 6) is 0.952. The van der Waals surface area contributed by atoms with Crippen LogP contribution in [0.5, 0.6) is 0 Å². The monoisotopic (exact) mass is 275 g/mol. The number of oxime groups is 1. The fourth-order valence-electron chi connectivity index (χ4n) is 3.17. The van der Waals surface area contributed by atoms with Crippen LogP contribution in [-0.2, 0) is 0 Å². The van der Waals surface area contributed by atoms with E-state index in [4.69, 9.17) is 10.9 Å². The first-order valence-corrected chi connectivity index (χ1v) is 7.34. The molecule has 1 aromatic carbocycles. The summed E-state index contributed by atoms with van der Waals surface area (Å²) in [4.78, 5) is 2.29. The van der Waals surface area contributed by atoms with Crippen molar-refractivity contribution in [3.63, 3.8) is 0 Å². The van der Waals surface area contributed by atoms with E-state index in [0.717, 1.165) is 22.7 Å². The minimum absolute atomic E-state index is 0.180. The van der Waals surface area contributed by atoms with E-state index in [0.29, 0.717) is 6.04 Å². The van der Waals surface area contributed by atoms with Crippen molar-refractivity contribution in [2.45, 2.75) is 45.6 Å². The molecule has 4 nitrogen and oxygen atoms in total. The Balaban J connectivity index is 2.31. The van der Waals surface area contributed by atoms with Gasteiger partial charge < -0.3 is 15.8 Å². The molecule has 0 amide bonds. The Kier molecular flexibility index (Phi) is 4.53. The predicted molar refractivity (Wildman–Crippen MR) is 83.5 cm³/mol. The highest BCUT2D eigenvalue weighted by Crippen LogP contribution is 2.31. The maximum absolute atomic E-state index is 8.98. The Morgan fingerprint density at radius 3 is 2.80 bits per heavy atom. The average Bonchev–Trinajstić information content (AvgIpc) is 2.45. The molecule has 2 unspecified atom stereocenters. The van der Waals surface area contributed by atoms with Crippen molar-refractivity contribution in [2.75, 3.05) is 11.9 Å². The first-order chi connectivity index (χ1) is 9.52. The third-order valence-corrected chi connectivity index (χ3v) is 4.37. The van der Waals surface area contributed by atoms with Gasteiger partial charge in [-0.05, 0) is 37.8 Å². The lowest BCUT2D eigenvalue weighted by Crippen LogP contribution is -2.36. The number of hydrogen-bond acceptors (Lipinski definition) is 3. The Morgan fingerprint density at radius 1 is 1.40 bits per heavy atom. The summed E-state index contributed by atoms with van der Waals surface area (Å²) in [6.07, 6.45) is 5.02. The third-order valence-electron chi connectivity index (χ3n) is 4.37. The van der Waals surface area contributed by atoms with Crippen molar-refractivity contribution in [1.82, 2.24) is 0 Å². The molecule has 0 heterocycles. The lowest BCUT2D eigenvalue weighted by Gasteiger charge is -2.36. The molecule has 110 valence electrons. The molecule has 20 heavy (non-hydrogen) atoms. The number of nitrogens with two attached hydrogens (primary N) is 1. The summed E-state index contributed by atoms with van der Waals surface area (Å²) in [7, 11) is 2.11. The number of amidine groups is 1. The predicted octanol–water partition coefficient (Wildman–Crippen LogP) is 3.10. The normalized spacial score (nSPS) is 23.6. The molecular weight excluding hydrogens is 250 g/mol. The number of rotatable bonds is 3. The summed E-state index contributed by atoms with van der Waals surface area (Å²) >= 11 is 0. The Hall–Kier alpha value is -1.71. The van der Waals surface area contributed by atoms with Gasteiger partial charge in [-0.1, -0.05) is 36.6 Å². The second-order valence-corrected chi connectivity index (χ2v) is 6.04. The fraction of sp³-hybridized carbons (Fsp3) is 0.562. The maximum atomic E-state index is 8.98. The molecule has 0 radical (unpaired) electrons. The summed E-state index contributed by atoms with van der Waals surface area (Å²) in [6.45, 7) is 4.33. The van der Waals surface area contributed by atoms with E-state index in [2.05, 4.69) is 36.2 Å². The van der Waals surface area contributed by atoms with Crippen LogP contribution >= 0.6 is 0 Å². The highest BCUT2D eigenvalue weighted by molar-refractivity contribution is 6.02. The van der Waals surface area contributed by atoms with Crippen LogP contribution in [0.15, 0.2) is 23.4 Å². The molecule has 0 aromatic heterocycles. The van der Waals surface area contributed by atoms with E-state index in [1.165, 1.54) is 25.7 Å². The SMILES string of the molecule is Cc1ccc(N(C)C2CCCC(C)C2)c(/C(N)=N/O)c1. The van der Waals surface area contributed by atoms with Gasteiger partial charge >= 0.3 is 0 Å². The first-order valence-electron chi connectivity index (χ1n) is 7.34. The molecule has 1 fully saturated rings. The summed E-state index contributed by atoms with van der Waals surface area (Å²) in [5.41, 5.74) is 8.80. The minimum Gasteiger partial charge on any atom is -0.409 e. The van der Waals surface area contributed by atoms with Crippen LogP contribution in [0.4, 0.5) is 5.69 Å². The Labute approximate surface area is 121 Å². The van der Waals surface area contributed by atoms with E-state index >= 15 is 0 Å². The first kappa shape index (κ1) is 14.7. The van der Waals surface area contributed by atoms with Crippen LogP contribution in [0.1, 0.15) is 43.7 Å². The van der Waals surface area contributed by atoms with Crippen molar-refractivity contribution in [3.05, 3.63) is 29.3 Å². The fourth-order valence-corrected chi connectivity index (χ4v) is 3.17. The van der Waals surface area contributed by atoms with Gasteiger partial charge in [0.15, 0.2) is 5.84 Å². The van der Waals surface area contributed by atoms with Crippen molar-refractivity contribution in [2.24, 2.45) is 16.8 Å². The van der Waals surface area contributed by atoms with Crippen molar-refractivity contribution in [1.29, 1.82) is 0 Å². The van der Waals surface area contributed by atoms with Crippen molar-refractivity contribution < 1.29 is 5.21 Å². The van der Waals surface area contributed by atoms with E-state index < -0.39 is 0 Å². The lowest BCUT2D eigenvalue weighted by molar-refractivity contribution is 0.318. The summed E-state index contributed by atoms with van der Waals surface area (Å²) in [6, 6.07) is 6.66. The van der Waals surface area contributed by atoms with Gasteiger partial charge in [-0.25, -0.2) is 0 Å². The molecule has 3 N–H and O–H groups in total. The van der Waals surface area contributed by atoms with Crippen molar-refractivity contribution >= 4 is 11.5 Å².